The number of nitrogens with one attached hydrogen (secondary N) is 1. The van der Waals surface area contributed by atoms with Crippen LogP contribution in [0.3, 0.4) is 0 Å². The Labute approximate surface area is 185 Å². The van der Waals surface area contributed by atoms with Gasteiger partial charge in [0.25, 0.3) is 0 Å². The fourth-order valence-corrected chi connectivity index (χ4v) is 3.75. The van der Waals surface area contributed by atoms with E-state index in [1.807, 2.05) is 24.0 Å². The van der Waals surface area contributed by atoms with Crippen LogP contribution in [0.1, 0.15) is 25.8 Å². The molecule has 2 amide bonds. The Kier molecular flexibility index (Phi) is 7.63. The summed E-state index contributed by atoms with van der Waals surface area (Å²) in [5.74, 6) is -0.0871. The van der Waals surface area contributed by atoms with Gasteiger partial charge in [0.1, 0.15) is 0 Å². The first-order chi connectivity index (χ1) is 15.3. The van der Waals surface area contributed by atoms with Gasteiger partial charge >= 0.3 is 6.61 Å². The summed E-state index contributed by atoms with van der Waals surface area (Å²) in [6.07, 6.45) is 0.202. The van der Waals surface area contributed by atoms with E-state index in [0.29, 0.717) is 24.5 Å². The zero-order valence-electron chi connectivity index (χ0n) is 18.3. The summed E-state index contributed by atoms with van der Waals surface area (Å²) in [5.41, 5.74) is 2.05. The van der Waals surface area contributed by atoms with E-state index in [4.69, 9.17) is 4.74 Å². The molecule has 1 aliphatic heterocycles. The van der Waals surface area contributed by atoms with Crippen LogP contribution in [0.5, 0.6) is 11.5 Å². The second kappa shape index (κ2) is 10.4. The van der Waals surface area contributed by atoms with Crippen molar-refractivity contribution in [3.8, 4) is 11.5 Å². The number of nitrogens with zero attached hydrogens (tertiary/aromatic N) is 2. The number of anilines is 2. The zero-order chi connectivity index (χ0) is 23.3. The molecule has 1 atom stereocenters. The van der Waals surface area contributed by atoms with Gasteiger partial charge in [0.2, 0.25) is 11.8 Å². The summed E-state index contributed by atoms with van der Waals surface area (Å²) in [6.45, 7) is 1.45. The number of hydrogen-bond donors (Lipinski definition) is 1. The van der Waals surface area contributed by atoms with Crippen LogP contribution < -0.4 is 19.7 Å². The molecule has 3 rings (SSSR count). The Morgan fingerprint density at radius 2 is 2.00 bits per heavy atom. The number of alkyl halides is 2. The monoisotopic (exact) mass is 447 g/mol. The molecule has 2 aromatic carbocycles. The van der Waals surface area contributed by atoms with Gasteiger partial charge in [-0.1, -0.05) is 18.2 Å². The van der Waals surface area contributed by atoms with Crippen LogP contribution in [0.15, 0.2) is 42.5 Å². The van der Waals surface area contributed by atoms with Crippen molar-refractivity contribution < 1.29 is 27.8 Å². The van der Waals surface area contributed by atoms with Gasteiger partial charge in [-0.2, -0.15) is 8.78 Å². The second-order valence-electron chi connectivity index (χ2n) is 7.65. The Morgan fingerprint density at radius 1 is 1.25 bits per heavy atom. The highest BCUT2D eigenvalue weighted by Crippen LogP contribution is 2.32. The van der Waals surface area contributed by atoms with Crippen LogP contribution in [0.4, 0.5) is 20.2 Å². The highest BCUT2D eigenvalue weighted by Gasteiger charge is 2.30. The molecule has 0 spiro atoms. The molecule has 0 aliphatic carbocycles. The molecule has 0 saturated heterocycles. The summed E-state index contributed by atoms with van der Waals surface area (Å²) >= 11 is 0. The summed E-state index contributed by atoms with van der Waals surface area (Å²) in [6, 6.07) is 11.6. The number of para-hydroxylation sites is 2. The van der Waals surface area contributed by atoms with Crippen molar-refractivity contribution in [2.24, 2.45) is 0 Å². The lowest BCUT2D eigenvalue weighted by Gasteiger charge is -2.29. The molecule has 2 aromatic rings. The van der Waals surface area contributed by atoms with E-state index in [0.717, 1.165) is 5.56 Å². The number of carbonyl (C=O) groups is 2. The van der Waals surface area contributed by atoms with E-state index in [9.17, 15) is 18.4 Å². The third kappa shape index (κ3) is 5.73. The van der Waals surface area contributed by atoms with Gasteiger partial charge in [-0.3, -0.25) is 14.5 Å². The molecule has 1 aliphatic rings. The van der Waals surface area contributed by atoms with Crippen molar-refractivity contribution >= 4 is 23.2 Å². The largest absolute Gasteiger partial charge is 0.490 e. The Balaban J connectivity index is 1.73. The molecule has 0 bridgehead atoms. The smallest absolute Gasteiger partial charge is 0.387 e. The Bertz CT molecular complexity index is 970. The number of rotatable bonds is 8. The van der Waals surface area contributed by atoms with Gasteiger partial charge in [0.15, 0.2) is 11.5 Å². The number of carbonyl (C=O) groups excluding carboxylic acids is 2. The summed E-state index contributed by atoms with van der Waals surface area (Å²) < 4.78 is 35.1. The first kappa shape index (κ1) is 23.5. The number of likely N-dealkylation sites (N-methyl/N-ethyl adjacent to an activating group) is 1. The SMILES string of the molecule is CCOc1cc(CN(C)CC(=O)N2c3ccccc3NC(=O)CC2C)ccc1OC(F)F. The molecule has 1 unspecified atom stereocenters. The molecule has 172 valence electrons. The molecular weight excluding hydrogens is 420 g/mol. The topological polar surface area (TPSA) is 71.1 Å². The highest BCUT2D eigenvalue weighted by atomic mass is 19.3. The molecule has 0 saturated carbocycles. The minimum Gasteiger partial charge on any atom is -0.490 e. The summed E-state index contributed by atoms with van der Waals surface area (Å²) in [4.78, 5) is 28.8. The van der Waals surface area contributed by atoms with E-state index in [2.05, 4.69) is 10.1 Å². The maximum absolute atomic E-state index is 13.2. The van der Waals surface area contributed by atoms with Crippen molar-refractivity contribution in [1.82, 2.24) is 4.90 Å². The van der Waals surface area contributed by atoms with Crippen molar-refractivity contribution in [3.63, 3.8) is 0 Å². The maximum atomic E-state index is 13.2. The van der Waals surface area contributed by atoms with Gasteiger partial charge < -0.3 is 19.7 Å². The number of halogens is 2. The lowest BCUT2D eigenvalue weighted by Crippen LogP contribution is -2.44. The number of amides is 2. The fourth-order valence-electron chi connectivity index (χ4n) is 3.75. The van der Waals surface area contributed by atoms with Crippen LogP contribution in [0.2, 0.25) is 0 Å². The van der Waals surface area contributed by atoms with Crippen LogP contribution in [-0.2, 0) is 16.1 Å². The van der Waals surface area contributed by atoms with E-state index in [1.165, 1.54) is 6.07 Å². The van der Waals surface area contributed by atoms with Crippen molar-refractivity contribution in [1.29, 1.82) is 0 Å². The fraction of sp³-hybridized carbons (Fsp3) is 0.391. The minimum absolute atomic E-state index is 0.0310. The van der Waals surface area contributed by atoms with Crippen molar-refractivity contribution in [2.45, 2.75) is 39.5 Å². The average Bonchev–Trinajstić information content (AvgIpc) is 2.83. The standard InChI is InChI=1S/C23H27F2N3O4/c1-4-31-20-12-16(9-10-19(20)32-23(24)25)13-27(3)14-22(30)28-15(2)11-21(29)26-17-7-5-6-8-18(17)28/h5-10,12,15,23H,4,11,13-14H2,1-3H3,(H,26,29). The van der Waals surface area contributed by atoms with Crippen LogP contribution in [-0.4, -0.2) is 49.6 Å². The van der Waals surface area contributed by atoms with E-state index in [-0.39, 0.29) is 42.3 Å². The van der Waals surface area contributed by atoms with E-state index in [1.54, 1.807) is 43.1 Å². The molecule has 0 aromatic heterocycles. The normalized spacial score (nSPS) is 15.9. The maximum Gasteiger partial charge on any atom is 0.387 e. The molecule has 1 N–H and O–H groups in total. The molecule has 0 fully saturated rings. The third-order valence-corrected chi connectivity index (χ3v) is 5.01. The van der Waals surface area contributed by atoms with E-state index < -0.39 is 6.61 Å². The minimum atomic E-state index is -2.94. The lowest BCUT2D eigenvalue weighted by molar-refractivity contribution is -0.120. The van der Waals surface area contributed by atoms with Crippen LogP contribution in [0.25, 0.3) is 0 Å². The Morgan fingerprint density at radius 3 is 2.72 bits per heavy atom. The number of benzene rings is 2. The predicted octanol–water partition coefficient (Wildman–Crippen LogP) is 3.88. The Hall–Kier alpha value is -3.20. The van der Waals surface area contributed by atoms with E-state index >= 15 is 0 Å². The van der Waals surface area contributed by atoms with Crippen molar-refractivity contribution in [2.75, 3.05) is 30.4 Å². The van der Waals surface area contributed by atoms with Crippen LogP contribution >= 0.6 is 0 Å². The molecule has 0 radical (unpaired) electrons. The molecule has 32 heavy (non-hydrogen) atoms. The molecule has 9 heteroatoms. The lowest BCUT2D eigenvalue weighted by atomic mass is 10.1. The van der Waals surface area contributed by atoms with Gasteiger partial charge in [-0.25, -0.2) is 0 Å². The quantitative estimate of drug-likeness (QED) is 0.665. The first-order valence-electron chi connectivity index (χ1n) is 10.4. The first-order valence-corrected chi connectivity index (χ1v) is 10.4. The number of ether oxygens (including phenoxy) is 2. The third-order valence-electron chi connectivity index (χ3n) is 5.01. The molecule has 7 nitrogen and oxygen atoms in total. The molecular formula is C23H27F2N3O4. The second-order valence-corrected chi connectivity index (χ2v) is 7.65. The molecule has 1 heterocycles. The highest BCUT2D eigenvalue weighted by molar-refractivity contribution is 6.04. The van der Waals surface area contributed by atoms with Gasteiger partial charge in [0, 0.05) is 19.0 Å². The van der Waals surface area contributed by atoms with Crippen molar-refractivity contribution in [3.05, 3.63) is 48.0 Å². The summed E-state index contributed by atoms with van der Waals surface area (Å²) in [7, 11) is 1.79. The number of fused-ring (bicyclic) bond motifs is 1. The van der Waals surface area contributed by atoms with Crippen LogP contribution in [0, 0.1) is 0 Å². The average molecular weight is 447 g/mol. The van der Waals surface area contributed by atoms with Gasteiger partial charge in [-0.15, -0.1) is 0 Å². The summed E-state index contributed by atoms with van der Waals surface area (Å²) in [5, 5.41) is 2.84. The van der Waals surface area contributed by atoms with Gasteiger partial charge in [-0.05, 0) is 50.7 Å². The number of hydrogen-bond acceptors (Lipinski definition) is 5. The predicted molar refractivity (Wildman–Crippen MR) is 117 cm³/mol. The zero-order valence-corrected chi connectivity index (χ0v) is 18.3. The van der Waals surface area contributed by atoms with Gasteiger partial charge in [0.05, 0.1) is 24.5 Å².